The molecular formula is C25H30N4O5S. The Bertz CT molecular complexity index is 1230. The molecule has 35 heavy (non-hydrogen) atoms. The normalized spacial score (nSPS) is 13.9. The number of benzene rings is 2. The number of amides is 1. The van der Waals surface area contributed by atoms with E-state index >= 15 is 0 Å². The molecule has 0 saturated heterocycles. The standard InChI is InChI=1S/C25H30N4O5S/c1-19(20-6-8-21(9-7-20)29-14-13-26-18-29)28-25(30)5-3-2-4-12-27-35(31,32)22-10-11-23-24(17-22)34-16-15-33-23/h6-11,13-14,17-19,27H,2-5,12,15-16H2,1H3,(H,28,30)/t19-/m1/s1. The number of fused-ring (bicyclic) bond motifs is 1. The van der Waals surface area contributed by atoms with Crippen LogP contribution in [-0.4, -0.2) is 43.6 Å². The summed E-state index contributed by atoms with van der Waals surface area (Å²) in [4.78, 5) is 16.5. The van der Waals surface area contributed by atoms with Crippen molar-refractivity contribution in [2.45, 2.75) is 43.5 Å². The molecule has 9 nitrogen and oxygen atoms in total. The molecule has 1 aliphatic rings. The molecule has 0 fully saturated rings. The maximum Gasteiger partial charge on any atom is 0.240 e. The molecule has 4 rings (SSSR count). The number of sulfonamides is 1. The molecule has 0 aliphatic carbocycles. The summed E-state index contributed by atoms with van der Waals surface area (Å²) >= 11 is 0. The fourth-order valence-electron chi connectivity index (χ4n) is 3.81. The van der Waals surface area contributed by atoms with Crippen LogP contribution in [0.5, 0.6) is 11.5 Å². The maximum atomic E-state index is 12.5. The Morgan fingerprint density at radius 1 is 1.06 bits per heavy atom. The number of ether oxygens (including phenoxy) is 2. The number of imidazole rings is 1. The first-order chi connectivity index (χ1) is 16.9. The van der Waals surface area contributed by atoms with Crippen molar-refractivity contribution in [3.63, 3.8) is 0 Å². The average Bonchev–Trinajstić information content (AvgIpc) is 3.41. The van der Waals surface area contributed by atoms with E-state index in [0.717, 1.165) is 17.7 Å². The smallest absolute Gasteiger partial charge is 0.240 e. The van der Waals surface area contributed by atoms with Crippen molar-refractivity contribution in [3.05, 3.63) is 66.7 Å². The molecule has 1 aliphatic heterocycles. The minimum atomic E-state index is -3.63. The summed E-state index contributed by atoms with van der Waals surface area (Å²) in [6, 6.07) is 12.5. The molecular weight excluding hydrogens is 468 g/mol. The quantitative estimate of drug-likeness (QED) is 0.392. The first-order valence-electron chi connectivity index (χ1n) is 11.7. The van der Waals surface area contributed by atoms with Crippen LogP contribution in [0.15, 0.2) is 66.1 Å². The van der Waals surface area contributed by atoms with E-state index in [9.17, 15) is 13.2 Å². The summed E-state index contributed by atoms with van der Waals surface area (Å²) in [7, 11) is -3.63. The summed E-state index contributed by atoms with van der Waals surface area (Å²) in [5, 5.41) is 3.02. The molecule has 2 N–H and O–H groups in total. The molecule has 186 valence electrons. The lowest BCUT2D eigenvalue weighted by molar-refractivity contribution is -0.121. The highest BCUT2D eigenvalue weighted by Crippen LogP contribution is 2.32. The maximum absolute atomic E-state index is 12.5. The highest BCUT2D eigenvalue weighted by molar-refractivity contribution is 7.89. The van der Waals surface area contributed by atoms with E-state index in [-0.39, 0.29) is 16.8 Å². The SMILES string of the molecule is C[C@@H](NC(=O)CCCCCNS(=O)(=O)c1ccc2c(c1)OCCO2)c1ccc(-n2ccnc2)cc1. The largest absolute Gasteiger partial charge is 0.486 e. The van der Waals surface area contributed by atoms with Crippen LogP contribution in [0.3, 0.4) is 0 Å². The predicted octanol–water partition coefficient (Wildman–Crippen LogP) is 3.36. The van der Waals surface area contributed by atoms with E-state index in [0.29, 0.717) is 50.5 Å². The highest BCUT2D eigenvalue weighted by atomic mass is 32.2. The first kappa shape index (κ1) is 24.7. The van der Waals surface area contributed by atoms with E-state index in [4.69, 9.17) is 9.47 Å². The molecule has 1 atom stereocenters. The van der Waals surface area contributed by atoms with Crippen molar-refractivity contribution >= 4 is 15.9 Å². The van der Waals surface area contributed by atoms with Gasteiger partial charge in [0.15, 0.2) is 11.5 Å². The Hall–Kier alpha value is -3.37. The van der Waals surface area contributed by atoms with Gasteiger partial charge in [0.2, 0.25) is 15.9 Å². The van der Waals surface area contributed by atoms with Crippen LogP contribution in [0.4, 0.5) is 0 Å². The summed E-state index contributed by atoms with van der Waals surface area (Å²) in [6.45, 7) is 3.11. The Kier molecular flexibility index (Phi) is 8.04. The third-order valence-corrected chi connectivity index (χ3v) is 7.23. The fraction of sp³-hybridized carbons (Fsp3) is 0.360. The van der Waals surface area contributed by atoms with E-state index in [1.54, 1.807) is 18.6 Å². The minimum Gasteiger partial charge on any atom is -0.486 e. The van der Waals surface area contributed by atoms with Gasteiger partial charge in [0.1, 0.15) is 13.2 Å². The molecule has 2 aromatic carbocycles. The van der Waals surface area contributed by atoms with Gasteiger partial charge in [-0.1, -0.05) is 18.6 Å². The van der Waals surface area contributed by atoms with Crippen molar-refractivity contribution in [1.29, 1.82) is 0 Å². The molecule has 2 heterocycles. The van der Waals surface area contributed by atoms with Gasteiger partial charge in [0, 0.05) is 37.1 Å². The Balaban J connectivity index is 1.14. The minimum absolute atomic E-state index is 0.0203. The number of carbonyl (C=O) groups is 1. The van der Waals surface area contributed by atoms with Gasteiger partial charge in [-0.2, -0.15) is 0 Å². The van der Waals surface area contributed by atoms with Crippen molar-refractivity contribution in [2.75, 3.05) is 19.8 Å². The zero-order valence-electron chi connectivity index (χ0n) is 19.6. The number of hydrogen-bond donors (Lipinski definition) is 2. The number of rotatable bonds is 11. The van der Waals surface area contributed by atoms with E-state index < -0.39 is 10.0 Å². The fourth-order valence-corrected chi connectivity index (χ4v) is 4.90. The Labute approximate surface area is 205 Å². The summed E-state index contributed by atoms with van der Waals surface area (Å²) in [6.07, 6.45) is 7.81. The van der Waals surface area contributed by atoms with Crippen molar-refractivity contribution < 1.29 is 22.7 Å². The van der Waals surface area contributed by atoms with E-state index in [2.05, 4.69) is 15.0 Å². The lowest BCUT2D eigenvalue weighted by Crippen LogP contribution is -2.26. The van der Waals surface area contributed by atoms with Gasteiger partial charge in [0.25, 0.3) is 0 Å². The number of aromatic nitrogens is 2. The summed E-state index contributed by atoms with van der Waals surface area (Å²) in [5.74, 6) is 0.968. The second-order valence-electron chi connectivity index (χ2n) is 8.36. The van der Waals surface area contributed by atoms with Crippen molar-refractivity contribution in [1.82, 2.24) is 19.6 Å². The van der Waals surface area contributed by atoms with Crippen LogP contribution < -0.4 is 19.5 Å². The number of nitrogens with one attached hydrogen (secondary N) is 2. The van der Waals surface area contributed by atoms with Crippen LogP contribution in [0, 0.1) is 0 Å². The van der Waals surface area contributed by atoms with Gasteiger partial charge in [-0.05, 0) is 49.6 Å². The Morgan fingerprint density at radius 3 is 2.57 bits per heavy atom. The molecule has 0 radical (unpaired) electrons. The molecule has 3 aromatic rings. The summed E-state index contributed by atoms with van der Waals surface area (Å²) < 4.78 is 40.5. The van der Waals surface area contributed by atoms with Gasteiger partial charge in [0.05, 0.1) is 17.3 Å². The summed E-state index contributed by atoms with van der Waals surface area (Å²) in [5.41, 5.74) is 2.03. The lowest BCUT2D eigenvalue weighted by atomic mass is 10.1. The van der Waals surface area contributed by atoms with E-state index in [1.807, 2.05) is 42.0 Å². The van der Waals surface area contributed by atoms with Gasteiger partial charge in [-0.25, -0.2) is 18.1 Å². The third kappa shape index (κ3) is 6.61. The number of unbranched alkanes of at least 4 members (excludes halogenated alkanes) is 2. The van der Waals surface area contributed by atoms with Crippen LogP contribution in [0.25, 0.3) is 5.69 Å². The first-order valence-corrected chi connectivity index (χ1v) is 13.2. The average molecular weight is 499 g/mol. The number of nitrogens with zero attached hydrogens (tertiary/aromatic N) is 2. The van der Waals surface area contributed by atoms with Gasteiger partial charge in [-0.15, -0.1) is 0 Å². The van der Waals surface area contributed by atoms with Crippen molar-refractivity contribution in [2.24, 2.45) is 0 Å². The molecule has 10 heteroatoms. The molecule has 0 saturated carbocycles. The van der Waals surface area contributed by atoms with Gasteiger partial charge < -0.3 is 19.4 Å². The van der Waals surface area contributed by atoms with Crippen LogP contribution in [0.1, 0.15) is 44.2 Å². The second-order valence-corrected chi connectivity index (χ2v) is 10.1. The topological polar surface area (TPSA) is 112 Å². The molecule has 0 spiro atoms. The van der Waals surface area contributed by atoms with Crippen LogP contribution in [0.2, 0.25) is 0 Å². The van der Waals surface area contributed by atoms with Gasteiger partial charge >= 0.3 is 0 Å². The van der Waals surface area contributed by atoms with Crippen LogP contribution >= 0.6 is 0 Å². The third-order valence-electron chi connectivity index (χ3n) is 5.77. The number of hydrogen-bond acceptors (Lipinski definition) is 6. The molecule has 1 amide bonds. The Morgan fingerprint density at radius 2 is 1.83 bits per heavy atom. The molecule has 0 unspecified atom stereocenters. The van der Waals surface area contributed by atoms with Gasteiger partial charge in [-0.3, -0.25) is 4.79 Å². The van der Waals surface area contributed by atoms with Crippen LogP contribution in [-0.2, 0) is 14.8 Å². The zero-order valence-corrected chi connectivity index (χ0v) is 20.5. The van der Waals surface area contributed by atoms with Crippen molar-refractivity contribution in [3.8, 4) is 17.2 Å². The lowest BCUT2D eigenvalue weighted by Gasteiger charge is -2.18. The monoisotopic (exact) mass is 498 g/mol. The highest BCUT2D eigenvalue weighted by Gasteiger charge is 2.19. The predicted molar refractivity (Wildman–Crippen MR) is 131 cm³/mol. The zero-order chi connectivity index (χ0) is 24.7. The molecule has 1 aromatic heterocycles. The number of carbonyl (C=O) groups excluding carboxylic acids is 1. The van der Waals surface area contributed by atoms with E-state index in [1.165, 1.54) is 12.1 Å². The second kappa shape index (κ2) is 11.4. The molecule has 0 bridgehead atoms.